The van der Waals surface area contributed by atoms with Crippen LogP contribution in [-0.2, 0) is 0 Å². The fourth-order valence-electron chi connectivity index (χ4n) is 6.90. The van der Waals surface area contributed by atoms with Crippen LogP contribution in [0.15, 0.2) is 150 Å². The van der Waals surface area contributed by atoms with Crippen LogP contribution in [0.2, 0.25) is 0 Å². The largest absolute Gasteiger partial charge is 0.454 e. The van der Waals surface area contributed by atoms with Gasteiger partial charge in [0.2, 0.25) is 0 Å². The Bertz CT molecular complexity index is 2870. The molecule has 0 aliphatic rings. The fraction of sp³-hybridized carbons (Fsp3) is 0. The summed E-state index contributed by atoms with van der Waals surface area (Å²) in [5.74, 6) is 1.75. The highest BCUT2D eigenvalue weighted by atomic mass is 16.3. The number of benzene rings is 7. The zero-order valence-electron chi connectivity index (χ0n) is 25.1. The van der Waals surface area contributed by atoms with Crippen LogP contribution in [0.4, 0.5) is 0 Å². The van der Waals surface area contributed by atoms with Crippen LogP contribution in [0.3, 0.4) is 0 Å². The second-order valence-electron chi connectivity index (χ2n) is 11.9. The molecule has 0 spiro atoms. The lowest BCUT2D eigenvalue weighted by atomic mass is 9.96. The van der Waals surface area contributed by atoms with Gasteiger partial charge >= 0.3 is 0 Å². The van der Waals surface area contributed by atoms with Crippen LogP contribution in [0.5, 0.6) is 0 Å². The molecule has 0 aliphatic heterocycles. The minimum absolute atomic E-state index is 0.546. The maximum atomic E-state index is 6.37. The number of pyridine rings is 1. The van der Waals surface area contributed by atoms with Crippen molar-refractivity contribution in [3.8, 4) is 34.2 Å². The lowest BCUT2D eigenvalue weighted by Crippen LogP contribution is -2.01. The van der Waals surface area contributed by atoms with Crippen molar-refractivity contribution in [1.82, 2.24) is 19.9 Å². The molecule has 0 saturated heterocycles. The molecule has 5 nitrogen and oxygen atoms in total. The molecule has 0 unspecified atom stereocenters. The Morgan fingerprint density at radius 1 is 0.383 bits per heavy atom. The molecular formula is C42H24N4O. The number of aromatic nitrogens is 4. The Morgan fingerprint density at radius 2 is 1.00 bits per heavy atom. The molecule has 7 aromatic carbocycles. The highest BCUT2D eigenvalue weighted by molar-refractivity contribution is 6.15. The zero-order chi connectivity index (χ0) is 30.9. The molecule has 0 fully saturated rings. The summed E-state index contributed by atoms with van der Waals surface area (Å²) in [7, 11) is 0. The van der Waals surface area contributed by atoms with E-state index in [4.69, 9.17) is 19.4 Å². The van der Waals surface area contributed by atoms with Gasteiger partial charge in [0, 0.05) is 33.7 Å². The number of fused-ring (bicyclic) bond motifs is 8. The van der Waals surface area contributed by atoms with Crippen LogP contribution in [0, 0.1) is 0 Å². The second-order valence-corrected chi connectivity index (χ2v) is 11.9. The van der Waals surface area contributed by atoms with Crippen LogP contribution < -0.4 is 0 Å². The van der Waals surface area contributed by atoms with Crippen molar-refractivity contribution in [2.45, 2.75) is 0 Å². The summed E-state index contributed by atoms with van der Waals surface area (Å²) in [6, 6.07) is 46.4. The second kappa shape index (κ2) is 10.0. The molecule has 3 aromatic heterocycles. The highest BCUT2D eigenvalue weighted by Gasteiger charge is 2.20. The van der Waals surface area contributed by atoms with Gasteiger partial charge in [0.05, 0.1) is 6.20 Å². The van der Waals surface area contributed by atoms with E-state index >= 15 is 0 Å². The third-order valence-electron chi connectivity index (χ3n) is 9.14. The Hall–Kier alpha value is -6.46. The first-order valence-corrected chi connectivity index (χ1v) is 15.6. The molecule has 0 amide bonds. The third-order valence-corrected chi connectivity index (χ3v) is 9.14. The van der Waals surface area contributed by atoms with E-state index in [-0.39, 0.29) is 0 Å². The van der Waals surface area contributed by atoms with Gasteiger partial charge in [-0.3, -0.25) is 4.98 Å². The lowest BCUT2D eigenvalue weighted by Gasteiger charge is -2.13. The highest BCUT2D eigenvalue weighted by Crippen LogP contribution is 2.39. The van der Waals surface area contributed by atoms with E-state index in [2.05, 4.69) is 132 Å². The summed E-state index contributed by atoms with van der Waals surface area (Å²) < 4.78 is 6.37. The zero-order valence-corrected chi connectivity index (χ0v) is 25.1. The number of hydrogen-bond acceptors (Lipinski definition) is 5. The molecule has 3 heterocycles. The van der Waals surface area contributed by atoms with Crippen molar-refractivity contribution < 1.29 is 4.42 Å². The van der Waals surface area contributed by atoms with Crippen molar-refractivity contribution in [2.24, 2.45) is 0 Å². The summed E-state index contributed by atoms with van der Waals surface area (Å²) >= 11 is 0. The van der Waals surface area contributed by atoms with Gasteiger partial charge in [0.1, 0.15) is 5.58 Å². The summed E-state index contributed by atoms with van der Waals surface area (Å²) in [5, 5.41) is 11.1. The molecule has 47 heavy (non-hydrogen) atoms. The van der Waals surface area contributed by atoms with Gasteiger partial charge in [-0.05, 0) is 67.4 Å². The minimum Gasteiger partial charge on any atom is -0.454 e. The van der Waals surface area contributed by atoms with Crippen LogP contribution in [0.1, 0.15) is 0 Å². The van der Waals surface area contributed by atoms with E-state index in [1.165, 1.54) is 5.39 Å². The lowest BCUT2D eigenvalue weighted by molar-refractivity contribution is 0.667. The van der Waals surface area contributed by atoms with Gasteiger partial charge in [0.25, 0.3) is 0 Å². The Morgan fingerprint density at radius 3 is 1.81 bits per heavy atom. The summed E-state index contributed by atoms with van der Waals surface area (Å²) in [6.45, 7) is 0. The summed E-state index contributed by atoms with van der Waals surface area (Å²) in [4.78, 5) is 20.1. The van der Waals surface area contributed by atoms with Crippen LogP contribution in [0.25, 0.3) is 99.2 Å². The first-order chi connectivity index (χ1) is 23.3. The molecule has 5 heteroatoms. The first-order valence-electron chi connectivity index (χ1n) is 15.6. The van der Waals surface area contributed by atoms with E-state index in [9.17, 15) is 0 Å². The van der Waals surface area contributed by atoms with Crippen LogP contribution in [-0.4, -0.2) is 19.9 Å². The number of furan rings is 1. The molecule has 0 atom stereocenters. The summed E-state index contributed by atoms with van der Waals surface area (Å²) in [6.07, 6.45) is 3.61. The maximum absolute atomic E-state index is 6.37. The molecule has 0 bridgehead atoms. The van der Waals surface area contributed by atoms with E-state index in [1.807, 2.05) is 12.3 Å². The number of rotatable bonds is 3. The predicted molar refractivity (Wildman–Crippen MR) is 191 cm³/mol. The molecule has 10 aromatic rings. The predicted octanol–water partition coefficient (Wildman–Crippen LogP) is 10.8. The number of nitrogens with zero attached hydrogens (tertiary/aromatic N) is 4. The van der Waals surface area contributed by atoms with Crippen molar-refractivity contribution in [2.75, 3.05) is 0 Å². The van der Waals surface area contributed by atoms with Crippen molar-refractivity contribution in [3.63, 3.8) is 0 Å². The van der Waals surface area contributed by atoms with E-state index in [1.54, 1.807) is 6.20 Å². The van der Waals surface area contributed by atoms with E-state index in [0.29, 0.717) is 23.1 Å². The molecular weight excluding hydrogens is 576 g/mol. The molecule has 10 rings (SSSR count). The fourth-order valence-corrected chi connectivity index (χ4v) is 6.90. The van der Waals surface area contributed by atoms with Gasteiger partial charge < -0.3 is 4.42 Å². The quantitative estimate of drug-likeness (QED) is 0.189. The van der Waals surface area contributed by atoms with Crippen molar-refractivity contribution in [3.05, 3.63) is 146 Å². The van der Waals surface area contributed by atoms with E-state index < -0.39 is 0 Å². The van der Waals surface area contributed by atoms with Gasteiger partial charge in [-0.1, -0.05) is 109 Å². The van der Waals surface area contributed by atoms with Gasteiger partial charge in [-0.2, -0.15) is 0 Å². The monoisotopic (exact) mass is 600 g/mol. The standard InChI is InChI=1S/C42H24N4O/c1-2-10-26-19-30(18-17-25(26)9-1)40-44-41(34-21-29-13-5-6-14-31(29)32-15-7-8-16-33(32)34)46-42(45-40)36-23-43-24-38-39(36)35-20-27-11-3-4-12-28(27)22-37(35)47-38/h1-24H. The Balaban J connectivity index is 1.29. The number of hydrogen-bond donors (Lipinski definition) is 0. The Labute approximate surface area is 268 Å². The smallest absolute Gasteiger partial charge is 0.166 e. The molecule has 0 N–H and O–H groups in total. The van der Waals surface area contributed by atoms with Crippen molar-refractivity contribution in [1.29, 1.82) is 0 Å². The third kappa shape index (κ3) is 4.10. The maximum Gasteiger partial charge on any atom is 0.166 e. The van der Waals surface area contributed by atoms with Gasteiger partial charge in [-0.15, -0.1) is 0 Å². The summed E-state index contributed by atoms with van der Waals surface area (Å²) in [5.41, 5.74) is 4.16. The minimum atomic E-state index is 0.546. The topological polar surface area (TPSA) is 64.7 Å². The first kappa shape index (κ1) is 25.8. The Kier molecular flexibility index (Phi) is 5.51. The SMILES string of the molecule is c1ccc2cc(-c3nc(-c4cc5ccccc5c5ccccc45)nc(-c4cncc5oc6cc7ccccc7cc6c45)n3)ccc2c1. The molecule has 0 radical (unpaired) electrons. The van der Waals surface area contributed by atoms with Crippen molar-refractivity contribution >= 4 is 65.0 Å². The molecule has 218 valence electrons. The normalized spacial score (nSPS) is 11.8. The molecule has 0 aliphatic carbocycles. The average molecular weight is 601 g/mol. The molecule has 0 saturated carbocycles. The van der Waals surface area contributed by atoms with Gasteiger partial charge in [-0.25, -0.2) is 15.0 Å². The van der Waals surface area contributed by atoms with E-state index in [0.717, 1.165) is 70.7 Å². The average Bonchev–Trinajstić information content (AvgIpc) is 3.50. The van der Waals surface area contributed by atoms with Crippen LogP contribution >= 0.6 is 0 Å². The van der Waals surface area contributed by atoms with Gasteiger partial charge in [0.15, 0.2) is 23.1 Å².